The minimum atomic E-state index is -0.554. The number of anilines is 1. The van der Waals surface area contributed by atoms with Gasteiger partial charge in [-0.05, 0) is 29.8 Å². The summed E-state index contributed by atoms with van der Waals surface area (Å²) in [6, 6.07) is 9.84. The lowest BCUT2D eigenvalue weighted by molar-refractivity contribution is 0.433. The minimum absolute atomic E-state index is 0.0719. The summed E-state index contributed by atoms with van der Waals surface area (Å²) in [5.41, 5.74) is 6.79. The third kappa shape index (κ3) is 2.36. The van der Waals surface area contributed by atoms with E-state index in [9.17, 15) is 8.78 Å². The van der Waals surface area contributed by atoms with Crippen molar-refractivity contribution in [3.63, 3.8) is 0 Å². The van der Waals surface area contributed by atoms with E-state index in [0.717, 1.165) is 0 Å². The summed E-state index contributed by atoms with van der Waals surface area (Å²) in [6.07, 6.45) is 0. The Morgan fingerprint density at radius 3 is 2.38 bits per heavy atom. The highest BCUT2D eigenvalue weighted by atomic mass is 35.5. The second kappa shape index (κ2) is 5.18. The van der Waals surface area contributed by atoms with Crippen LogP contribution < -0.4 is 5.73 Å². The molecule has 0 unspecified atom stereocenters. The van der Waals surface area contributed by atoms with Crippen molar-refractivity contribution in [2.45, 2.75) is 0 Å². The van der Waals surface area contributed by atoms with Crippen LogP contribution in [0.1, 0.15) is 0 Å². The zero-order chi connectivity index (χ0) is 15.0. The van der Waals surface area contributed by atoms with Gasteiger partial charge in [0.15, 0.2) is 11.6 Å². The number of rotatable bonds is 2. The summed E-state index contributed by atoms with van der Waals surface area (Å²) in [7, 11) is 0. The molecular formula is C15H9ClF2N2O. The van der Waals surface area contributed by atoms with Crippen molar-refractivity contribution in [1.29, 1.82) is 0 Å². The molecule has 2 aromatic carbocycles. The normalized spacial score (nSPS) is 10.8. The van der Waals surface area contributed by atoms with Crippen molar-refractivity contribution in [3.8, 4) is 22.5 Å². The SMILES string of the molecule is Nc1noc(-c2c(F)cccc2Cl)c1-c1ccc(F)cc1. The molecule has 0 radical (unpaired) electrons. The molecule has 3 aromatic rings. The van der Waals surface area contributed by atoms with Gasteiger partial charge in [0.1, 0.15) is 11.6 Å². The number of nitrogens with zero attached hydrogens (tertiary/aromatic N) is 1. The van der Waals surface area contributed by atoms with E-state index in [2.05, 4.69) is 5.16 Å². The number of nitrogen functional groups attached to an aromatic ring is 1. The first-order valence-corrected chi connectivity index (χ1v) is 6.41. The average molecular weight is 307 g/mol. The monoisotopic (exact) mass is 306 g/mol. The average Bonchev–Trinajstić information content (AvgIpc) is 2.82. The summed E-state index contributed by atoms with van der Waals surface area (Å²) in [5.74, 6) is -0.751. The number of benzene rings is 2. The first-order valence-electron chi connectivity index (χ1n) is 6.03. The van der Waals surface area contributed by atoms with Crippen LogP contribution in [-0.4, -0.2) is 5.16 Å². The number of nitrogens with two attached hydrogens (primary N) is 1. The quantitative estimate of drug-likeness (QED) is 0.757. The van der Waals surface area contributed by atoms with E-state index in [1.165, 1.54) is 42.5 Å². The third-order valence-electron chi connectivity index (χ3n) is 3.04. The summed E-state index contributed by atoms with van der Waals surface area (Å²) in [5, 5.41) is 3.83. The lowest BCUT2D eigenvalue weighted by atomic mass is 10.0. The van der Waals surface area contributed by atoms with E-state index in [-0.39, 0.29) is 28.0 Å². The summed E-state index contributed by atoms with van der Waals surface area (Å²) < 4.78 is 32.2. The molecule has 0 aliphatic rings. The molecule has 1 heterocycles. The number of halogens is 3. The van der Waals surface area contributed by atoms with Gasteiger partial charge in [-0.15, -0.1) is 0 Å². The molecule has 1 aromatic heterocycles. The van der Waals surface area contributed by atoms with Gasteiger partial charge in [-0.1, -0.05) is 35.0 Å². The number of hydrogen-bond acceptors (Lipinski definition) is 3. The number of hydrogen-bond donors (Lipinski definition) is 1. The van der Waals surface area contributed by atoms with E-state index < -0.39 is 5.82 Å². The summed E-state index contributed by atoms with van der Waals surface area (Å²) in [4.78, 5) is 0. The standard InChI is InChI=1S/C15H9ClF2N2O/c16-10-2-1-3-11(18)13(10)14-12(15(19)20-21-14)8-4-6-9(17)7-5-8/h1-7H,(H2,19,20). The van der Waals surface area contributed by atoms with Gasteiger partial charge in [0.25, 0.3) is 0 Å². The molecule has 0 spiro atoms. The highest BCUT2D eigenvalue weighted by Gasteiger charge is 2.22. The Kier molecular flexibility index (Phi) is 3.35. The first-order chi connectivity index (χ1) is 10.1. The van der Waals surface area contributed by atoms with Crippen LogP contribution in [0.5, 0.6) is 0 Å². The van der Waals surface area contributed by atoms with Crippen molar-refractivity contribution in [2.75, 3.05) is 5.73 Å². The van der Waals surface area contributed by atoms with Crippen molar-refractivity contribution in [1.82, 2.24) is 5.16 Å². The molecular weight excluding hydrogens is 298 g/mol. The van der Waals surface area contributed by atoms with E-state index >= 15 is 0 Å². The van der Waals surface area contributed by atoms with Crippen LogP contribution in [-0.2, 0) is 0 Å². The molecule has 0 amide bonds. The van der Waals surface area contributed by atoms with Crippen molar-refractivity contribution in [3.05, 3.63) is 59.1 Å². The predicted octanol–water partition coefficient (Wildman–Crippen LogP) is 4.52. The fourth-order valence-electron chi connectivity index (χ4n) is 2.08. The molecule has 0 fully saturated rings. The Morgan fingerprint density at radius 1 is 1.00 bits per heavy atom. The minimum Gasteiger partial charge on any atom is -0.380 e. The lowest BCUT2D eigenvalue weighted by Gasteiger charge is -2.05. The van der Waals surface area contributed by atoms with Crippen molar-refractivity contribution in [2.24, 2.45) is 0 Å². The highest BCUT2D eigenvalue weighted by Crippen LogP contribution is 2.40. The maximum Gasteiger partial charge on any atom is 0.181 e. The number of aromatic nitrogens is 1. The van der Waals surface area contributed by atoms with Gasteiger partial charge in [0, 0.05) is 0 Å². The van der Waals surface area contributed by atoms with Gasteiger partial charge < -0.3 is 10.3 Å². The van der Waals surface area contributed by atoms with Crippen LogP contribution in [0, 0.1) is 11.6 Å². The van der Waals surface area contributed by atoms with Gasteiger partial charge >= 0.3 is 0 Å². The Bertz CT molecular complexity index is 780. The van der Waals surface area contributed by atoms with Crippen LogP contribution in [0.15, 0.2) is 47.0 Å². The van der Waals surface area contributed by atoms with Crippen LogP contribution >= 0.6 is 11.6 Å². The molecule has 6 heteroatoms. The first kappa shape index (κ1) is 13.6. The molecule has 106 valence electrons. The maximum absolute atomic E-state index is 14.0. The molecule has 0 saturated heterocycles. The van der Waals surface area contributed by atoms with Crippen molar-refractivity contribution < 1.29 is 13.3 Å². The molecule has 2 N–H and O–H groups in total. The van der Waals surface area contributed by atoms with E-state index in [1.54, 1.807) is 0 Å². The Balaban J connectivity index is 2.24. The van der Waals surface area contributed by atoms with Gasteiger partial charge in [-0.2, -0.15) is 0 Å². The summed E-state index contributed by atoms with van der Waals surface area (Å²) in [6.45, 7) is 0. The molecule has 3 rings (SSSR count). The predicted molar refractivity (Wildman–Crippen MR) is 76.7 cm³/mol. The Hall–Kier alpha value is -2.40. The second-order valence-corrected chi connectivity index (χ2v) is 4.78. The zero-order valence-corrected chi connectivity index (χ0v) is 11.4. The molecule has 3 nitrogen and oxygen atoms in total. The smallest absolute Gasteiger partial charge is 0.181 e. The topological polar surface area (TPSA) is 52.0 Å². The van der Waals surface area contributed by atoms with Crippen molar-refractivity contribution >= 4 is 17.4 Å². The molecule has 0 saturated carbocycles. The van der Waals surface area contributed by atoms with Gasteiger partial charge in [-0.25, -0.2) is 8.78 Å². The summed E-state index contributed by atoms with van der Waals surface area (Å²) >= 11 is 6.03. The molecule has 0 aliphatic carbocycles. The van der Waals surface area contributed by atoms with E-state index in [4.69, 9.17) is 21.9 Å². The van der Waals surface area contributed by atoms with Gasteiger partial charge in [0.05, 0.1) is 16.1 Å². The maximum atomic E-state index is 14.0. The lowest BCUT2D eigenvalue weighted by Crippen LogP contribution is -1.91. The van der Waals surface area contributed by atoms with Crippen LogP contribution in [0.2, 0.25) is 5.02 Å². The zero-order valence-electron chi connectivity index (χ0n) is 10.6. The van der Waals surface area contributed by atoms with E-state index in [0.29, 0.717) is 11.1 Å². The van der Waals surface area contributed by atoms with Crippen LogP contribution in [0.4, 0.5) is 14.6 Å². The fraction of sp³-hybridized carbons (Fsp3) is 0. The van der Waals surface area contributed by atoms with Crippen LogP contribution in [0.3, 0.4) is 0 Å². The highest BCUT2D eigenvalue weighted by molar-refractivity contribution is 6.33. The Morgan fingerprint density at radius 2 is 1.71 bits per heavy atom. The molecule has 0 aliphatic heterocycles. The van der Waals surface area contributed by atoms with E-state index in [1.807, 2.05) is 0 Å². The van der Waals surface area contributed by atoms with Gasteiger partial charge in [-0.3, -0.25) is 0 Å². The molecule has 0 bridgehead atoms. The molecule has 0 atom stereocenters. The second-order valence-electron chi connectivity index (χ2n) is 4.38. The van der Waals surface area contributed by atoms with Gasteiger partial charge in [0.2, 0.25) is 0 Å². The molecule has 21 heavy (non-hydrogen) atoms. The Labute approximate surface area is 123 Å². The fourth-order valence-corrected chi connectivity index (χ4v) is 2.33. The largest absolute Gasteiger partial charge is 0.380 e. The van der Waals surface area contributed by atoms with Crippen LogP contribution in [0.25, 0.3) is 22.5 Å². The third-order valence-corrected chi connectivity index (χ3v) is 3.36.